The highest BCUT2D eigenvalue weighted by molar-refractivity contribution is 9.10. The topological polar surface area (TPSA) is 29.3 Å². The SMILES string of the molecule is CC(C)CN(c1ccc(C(N)=S)c(Br)c1F)C(C)C. The molecule has 0 spiro atoms. The van der Waals surface area contributed by atoms with Crippen LogP contribution in [-0.4, -0.2) is 17.6 Å². The Morgan fingerprint density at radius 2 is 1.95 bits per heavy atom. The average Bonchev–Trinajstić information content (AvgIpc) is 2.29. The molecule has 2 N–H and O–H groups in total. The van der Waals surface area contributed by atoms with Gasteiger partial charge >= 0.3 is 0 Å². The summed E-state index contributed by atoms with van der Waals surface area (Å²) in [7, 11) is 0. The Balaban J connectivity index is 3.26. The van der Waals surface area contributed by atoms with Crippen LogP contribution in [0.1, 0.15) is 33.3 Å². The van der Waals surface area contributed by atoms with Gasteiger partial charge in [-0.25, -0.2) is 4.39 Å². The smallest absolute Gasteiger partial charge is 0.161 e. The Hall–Kier alpha value is -0.680. The molecule has 0 saturated carbocycles. The average molecular weight is 347 g/mol. The van der Waals surface area contributed by atoms with Gasteiger partial charge in [-0.1, -0.05) is 26.1 Å². The lowest BCUT2D eigenvalue weighted by Crippen LogP contribution is -2.35. The molecule has 0 aromatic heterocycles. The molecule has 0 heterocycles. The fourth-order valence-electron chi connectivity index (χ4n) is 1.93. The first kappa shape index (κ1) is 16.4. The van der Waals surface area contributed by atoms with Gasteiger partial charge in [0.05, 0.1) is 10.2 Å². The first-order chi connectivity index (χ1) is 8.75. The molecule has 2 nitrogen and oxygen atoms in total. The van der Waals surface area contributed by atoms with E-state index in [1.807, 2.05) is 4.90 Å². The molecule has 0 amide bonds. The molecule has 0 aliphatic carbocycles. The largest absolute Gasteiger partial charge is 0.389 e. The first-order valence-corrected chi connectivity index (χ1v) is 7.50. The molecule has 19 heavy (non-hydrogen) atoms. The Morgan fingerprint density at radius 1 is 1.37 bits per heavy atom. The second kappa shape index (κ2) is 6.66. The van der Waals surface area contributed by atoms with Crippen LogP contribution in [0.3, 0.4) is 0 Å². The molecule has 106 valence electrons. The van der Waals surface area contributed by atoms with Crippen LogP contribution in [0.4, 0.5) is 10.1 Å². The van der Waals surface area contributed by atoms with E-state index in [0.29, 0.717) is 21.6 Å². The highest BCUT2D eigenvalue weighted by atomic mass is 79.9. The quantitative estimate of drug-likeness (QED) is 0.814. The van der Waals surface area contributed by atoms with Crippen molar-refractivity contribution >= 4 is 38.8 Å². The Kier molecular flexibility index (Phi) is 5.74. The van der Waals surface area contributed by atoms with Crippen molar-refractivity contribution < 1.29 is 4.39 Å². The van der Waals surface area contributed by atoms with Gasteiger partial charge in [0.15, 0.2) is 5.82 Å². The summed E-state index contributed by atoms with van der Waals surface area (Å²) in [5.74, 6) is 0.149. The molecule has 0 radical (unpaired) electrons. The molecule has 0 unspecified atom stereocenters. The minimum atomic E-state index is -0.306. The molecule has 0 aliphatic rings. The van der Waals surface area contributed by atoms with E-state index in [4.69, 9.17) is 18.0 Å². The van der Waals surface area contributed by atoms with Crippen LogP contribution >= 0.6 is 28.1 Å². The van der Waals surface area contributed by atoms with E-state index >= 15 is 0 Å². The monoisotopic (exact) mass is 346 g/mol. The van der Waals surface area contributed by atoms with Crippen molar-refractivity contribution in [3.8, 4) is 0 Å². The maximum Gasteiger partial charge on any atom is 0.161 e. The zero-order valence-corrected chi connectivity index (χ0v) is 14.1. The van der Waals surface area contributed by atoms with Crippen molar-refractivity contribution in [2.45, 2.75) is 33.7 Å². The van der Waals surface area contributed by atoms with E-state index in [1.165, 1.54) is 0 Å². The van der Waals surface area contributed by atoms with Gasteiger partial charge < -0.3 is 10.6 Å². The van der Waals surface area contributed by atoms with Gasteiger partial charge in [-0.3, -0.25) is 0 Å². The molecule has 0 saturated heterocycles. The lowest BCUT2D eigenvalue weighted by atomic mass is 10.1. The molecule has 1 rings (SSSR count). The number of anilines is 1. The number of hydrogen-bond acceptors (Lipinski definition) is 2. The Bertz CT molecular complexity index is 475. The zero-order valence-electron chi connectivity index (χ0n) is 11.7. The number of benzene rings is 1. The van der Waals surface area contributed by atoms with Crippen molar-refractivity contribution in [2.75, 3.05) is 11.4 Å². The summed E-state index contributed by atoms with van der Waals surface area (Å²) in [6, 6.07) is 3.73. The van der Waals surface area contributed by atoms with Crippen LogP contribution in [-0.2, 0) is 0 Å². The minimum absolute atomic E-state index is 0.192. The predicted octanol–water partition coefficient (Wildman–Crippen LogP) is 4.09. The second-order valence-corrected chi connectivity index (χ2v) is 6.50. The maximum atomic E-state index is 14.5. The Labute approximate surface area is 128 Å². The predicted molar refractivity (Wildman–Crippen MR) is 87.3 cm³/mol. The fourth-order valence-corrected chi connectivity index (χ4v) is 2.78. The van der Waals surface area contributed by atoms with Crippen molar-refractivity contribution in [2.24, 2.45) is 11.7 Å². The van der Waals surface area contributed by atoms with E-state index in [-0.39, 0.29) is 16.8 Å². The molecule has 1 aromatic carbocycles. The zero-order chi connectivity index (χ0) is 14.7. The Morgan fingerprint density at radius 3 is 2.37 bits per heavy atom. The third kappa shape index (κ3) is 3.89. The van der Waals surface area contributed by atoms with E-state index in [0.717, 1.165) is 6.54 Å². The van der Waals surface area contributed by atoms with Gasteiger partial charge in [-0.05, 0) is 47.8 Å². The van der Waals surface area contributed by atoms with Crippen LogP contribution in [0.15, 0.2) is 16.6 Å². The van der Waals surface area contributed by atoms with E-state index < -0.39 is 0 Å². The lowest BCUT2D eigenvalue weighted by Gasteiger charge is -2.31. The van der Waals surface area contributed by atoms with Crippen molar-refractivity contribution in [1.29, 1.82) is 0 Å². The first-order valence-electron chi connectivity index (χ1n) is 6.30. The molecule has 0 fully saturated rings. The minimum Gasteiger partial charge on any atom is -0.389 e. The van der Waals surface area contributed by atoms with Gasteiger partial charge in [0.2, 0.25) is 0 Å². The maximum absolute atomic E-state index is 14.5. The summed E-state index contributed by atoms with van der Waals surface area (Å²) >= 11 is 8.15. The van der Waals surface area contributed by atoms with Crippen molar-refractivity contribution in [3.05, 3.63) is 28.0 Å². The third-order valence-electron chi connectivity index (χ3n) is 2.82. The summed E-state index contributed by atoms with van der Waals surface area (Å²) in [6.45, 7) is 9.14. The van der Waals surface area contributed by atoms with Crippen LogP contribution in [0.25, 0.3) is 0 Å². The summed E-state index contributed by atoms with van der Waals surface area (Å²) < 4.78 is 14.8. The number of nitrogens with two attached hydrogens (primary N) is 1. The van der Waals surface area contributed by atoms with Crippen molar-refractivity contribution in [1.82, 2.24) is 0 Å². The summed E-state index contributed by atoms with van der Waals surface area (Å²) in [6.07, 6.45) is 0. The highest BCUT2D eigenvalue weighted by Gasteiger charge is 2.20. The number of nitrogens with zero attached hydrogens (tertiary/aromatic N) is 1. The number of halogens is 2. The second-order valence-electron chi connectivity index (χ2n) is 5.26. The number of thiocarbonyl (C=S) groups is 1. The molecule has 1 aromatic rings. The molecular weight excluding hydrogens is 327 g/mol. The normalized spacial score (nSPS) is 11.2. The van der Waals surface area contributed by atoms with E-state index in [1.54, 1.807) is 12.1 Å². The van der Waals surface area contributed by atoms with Gasteiger partial charge in [-0.2, -0.15) is 0 Å². The molecule has 0 atom stereocenters. The lowest BCUT2D eigenvalue weighted by molar-refractivity contribution is 0.548. The standard InChI is InChI=1S/C14H20BrFN2S/c1-8(2)7-18(9(3)4)11-6-5-10(14(17)19)12(15)13(11)16/h5-6,8-9H,7H2,1-4H3,(H2,17,19). The highest BCUT2D eigenvalue weighted by Crippen LogP contribution is 2.31. The number of hydrogen-bond donors (Lipinski definition) is 1. The molecule has 0 aliphatic heterocycles. The van der Waals surface area contributed by atoms with Gasteiger partial charge in [-0.15, -0.1) is 0 Å². The van der Waals surface area contributed by atoms with Crippen LogP contribution < -0.4 is 10.6 Å². The van der Waals surface area contributed by atoms with Crippen LogP contribution in [0.2, 0.25) is 0 Å². The summed E-state index contributed by atoms with van der Waals surface area (Å²) in [5.41, 5.74) is 6.68. The van der Waals surface area contributed by atoms with E-state index in [9.17, 15) is 4.39 Å². The third-order valence-corrected chi connectivity index (χ3v) is 3.82. The summed E-state index contributed by atoms with van der Waals surface area (Å²) in [5, 5.41) is 0. The fraction of sp³-hybridized carbons (Fsp3) is 0.500. The van der Waals surface area contributed by atoms with Crippen LogP contribution in [0.5, 0.6) is 0 Å². The van der Waals surface area contributed by atoms with Crippen LogP contribution in [0, 0.1) is 11.7 Å². The van der Waals surface area contributed by atoms with E-state index in [2.05, 4.69) is 43.6 Å². The molecular formula is C14H20BrFN2S. The van der Waals surface area contributed by atoms with Crippen molar-refractivity contribution in [3.63, 3.8) is 0 Å². The van der Waals surface area contributed by atoms with Gasteiger partial charge in [0.1, 0.15) is 4.99 Å². The molecule has 0 bridgehead atoms. The number of rotatable bonds is 5. The van der Waals surface area contributed by atoms with Gasteiger partial charge in [0.25, 0.3) is 0 Å². The van der Waals surface area contributed by atoms with Gasteiger partial charge in [0, 0.05) is 18.2 Å². The molecule has 5 heteroatoms. The summed E-state index contributed by atoms with van der Waals surface area (Å²) in [4.78, 5) is 2.24.